The molecular weight excluding hydrogens is 462 g/mol. The van der Waals surface area contributed by atoms with Crippen molar-refractivity contribution in [1.29, 1.82) is 0 Å². The third-order valence-electron chi connectivity index (χ3n) is 6.73. The molecule has 2 fully saturated rings. The van der Waals surface area contributed by atoms with Gasteiger partial charge in [0, 0.05) is 45.2 Å². The van der Waals surface area contributed by atoms with Gasteiger partial charge in [0.05, 0.1) is 17.4 Å². The summed E-state index contributed by atoms with van der Waals surface area (Å²) in [6.07, 6.45) is 4.48. The van der Waals surface area contributed by atoms with Gasteiger partial charge in [0.2, 0.25) is 0 Å². The van der Waals surface area contributed by atoms with Gasteiger partial charge in [-0.2, -0.15) is 0 Å². The Morgan fingerprint density at radius 2 is 2.06 bits per heavy atom. The van der Waals surface area contributed by atoms with Crippen molar-refractivity contribution in [2.45, 2.75) is 52.2 Å². The third kappa shape index (κ3) is 6.59. The second-order valence-corrected chi connectivity index (χ2v) is 10.5. The maximum absolute atomic E-state index is 13.0. The summed E-state index contributed by atoms with van der Waals surface area (Å²) in [5, 5.41) is 8.48. The smallest absolute Gasteiger partial charge is 0.275 e. The van der Waals surface area contributed by atoms with Crippen LogP contribution in [0.2, 0.25) is 0 Å². The van der Waals surface area contributed by atoms with E-state index in [0.717, 1.165) is 56.3 Å². The lowest BCUT2D eigenvalue weighted by atomic mass is 9.99. The first kappa shape index (κ1) is 25.6. The molecule has 0 aliphatic carbocycles. The largest absolute Gasteiger partial charge is 0.380 e. The molecule has 9 heteroatoms. The number of thiazole rings is 1. The summed E-state index contributed by atoms with van der Waals surface area (Å²) in [6.45, 7) is 9.51. The zero-order valence-electron chi connectivity index (χ0n) is 21.0. The number of carbonyl (C=O) groups excluding carboxylic acids is 2. The Bertz CT molecular complexity index is 1030. The van der Waals surface area contributed by atoms with Gasteiger partial charge in [-0.05, 0) is 55.8 Å². The number of hydrogen-bond acceptors (Lipinski definition) is 7. The first-order valence-corrected chi connectivity index (χ1v) is 13.5. The minimum Gasteiger partial charge on any atom is -0.380 e. The van der Waals surface area contributed by atoms with Crippen molar-refractivity contribution in [2.75, 3.05) is 50.1 Å². The molecule has 1 aromatic heterocycles. The Labute approximate surface area is 212 Å². The highest BCUT2D eigenvalue weighted by Crippen LogP contribution is 2.27. The van der Waals surface area contributed by atoms with Crippen molar-refractivity contribution < 1.29 is 14.3 Å². The maximum atomic E-state index is 13.0. The molecule has 2 aliphatic rings. The van der Waals surface area contributed by atoms with Crippen LogP contribution in [-0.4, -0.2) is 67.6 Å². The number of aromatic nitrogens is 1. The molecule has 1 aromatic carbocycles. The summed E-state index contributed by atoms with van der Waals surface area (Å²) < 4.78 is 5.44. The van der Waals surface area contributed by atoms with E-state index in [1.807, 2.05) is 25.1 Å². The molecule has 1 unspecified atom stereocenters. The van der Waals surface area contributed by atoms with Crippen molar-refractivity contribution in [1.82, 2.24) is 15.2 Å². The van der Waals surface area contributed by atoms with Crippen LogP contribution in [0, 0.1) is 5.92 Å². The van der Waals surface area contributed by atoms with Gasteiger partial charge in [0.15, 0.2) is 5.13 Å². The fraction of sp³-hybridized carbons (Fsp3) is 0.577. The molecule has 0 radical (unpaired) electrons. The first-order valence-electron chi connectivity index (χ1n) is 12.6. The average Bonchev–Trinajstić information content (AvgIpc) is 3.53. The maximum Gasteiger partial charge on any atom is 0.275 e. The number of methoxy groups -OCH3 is 1. The van der Waals surface area contributed by atoms with Crippen LogP contribution < -0.4 is 15.5 Å². The van der Waals surface area contributed by atoms with E-state index >= 15 is 0 Å². The average molecular weight is 500 g/mol. The van der Waals surface area contributed by atoms with Gasteiger partial charge in [-0.1, -0.05) is 19.9 Å². The molecule has 0 saturated carbocycles. The van der Waals surface area contributed by atoms with Crippen LogP contribution >= 0.6 is 11.3 Å². The molecule has 4 rings (SSSR count). The summed E-state index contributed by atoms with van der Waals surface area (Å²) >= 11 is 1.46. The zero-order valence-corrected chi connectivity index (χ0v) is 21.8. The molecule has 3 heterocycles. The van der Waals surface area contributed by atoms with Crippen LogP contribution in [0.3, 0.4) is 0 Å². The molecule has 190 valence electrons. The number of hydrogen-bond donors (Lipinski definition) is 2. The Morgan fingerprint density at radius 3 is 2.80 bits per heavy atom. The van der Waals surface area contributed by atoms with E-state index in [9.17, 15) is 9.59 Å². The Morgan fingerprint density at radius 1 is 1.20 bits per heavy atom. The van der Waals surface area contributed by atoms with Gasteiger partial charge in [-0.25, -0.2) is 4.98 Å². The Balaban J connectivity index is 1.48. The van der Waals surface area contributed by atoms with E-state index in [2.05, 4.69) is 32.3 Å². The number of carbonyl (C=O) groups is 2. The number of benzene rings is 1. The summed E-state index contributed by atoms with van der Waals surface area (Å²) in [6, 6.07) is 5.77. The van der Waals surface area contributed by atoms with Gasteiger partial charge in [0.1, 0.15) is 5.69 Å². The number of likely N-dealkylation sites (tertiary alicyclic amines) is 1. The molecule has 2 amide bonds. The molecule has 2 N–H and O–H groups in total. The zero-order chi connectivity index (χ0) is 24.8. The van der Waals surface area contributed by atoms with E-state index < -0.39 is 0 Å². The summed E-state index contributed by atoms with van der Waals surface area (Å²) in [5.41, 5.74) is 2.44. The van der Waals surface area contributed by atoms with Crippen molar-refractivity contribution in [3.8, 4) is 0 Å². The normalized spacial score (nSPS) is 20.7. The van der Waals surface area contributed by atoms with Crippen molar-refractivity contribution >= 4 is 34.0 Å². The number of ether oxygens (including phenoxy) is 1. The monoisotopic (exact) mass is 499 g/mol. The highest BCUT2D eigenvalue weighted by Gasteiger charge is 2.25. The third-order valence-corrected chi connectivity index (χ3v) is 7.63. The van der Waals surface area contributed by atoms with Crippen LogP contribution in [0.1, 0.15) is 65.9 Å². The minimum absolute atomic E-state index is 0.169. The number of piperidine rings is 1. The van der Waals surface area contributed by atoms with E-state index in [4.69, 9.17) is 4.74 Å². The van der Waals surface area contributed by atoms with E-state index in [0.29, 0.717) is 29.4 Å². The van der Waals surface area contributed by atoms with Crippen molar-refractivity contribution in [3.63, 3.8) is 0 Å². The predicted molar refractivity (Wildman–Crippen MR) is 140 cm³/mol. The highest BCUT2D eigenvalue weighted by molar-refractivity contribution is 7.14. The van der Waals surface area contributed by atoms with Crippen LogP contribution in [-0.2, 0) is 11.3 Å². The van der Waals surface area contributed by atoms with Gasteiger partial charge < -0.3 is 20.3 Å². The predicted octanol–water partition coefficient (Wildman–Crippen LogP) is 3.99. The highest BCUT2D eigenvalue weighted by atomic mass is 32.1. The van der Waals surface area contributed by atoms with Crippen LogP contribution in [0.5, 0.6) is 0 Å². The molecule has 0 bridgehead atoms. The lowest BCUT2D eigenvalue weighted by Crippen LogP contribution is -2.34. The number of nitrogens with one attached hydrogen (secondary N) is 2. The van der Waals surface area contributed by atoms with Gasteiger partial charge in [-0.3, -0.25) is 14.5 Å². The number of nitrogens with zero attached hydrogens (tertiary/aromatic N) is 3. The standard InChI is InChI=1S/C26H37N5O3S/c1-4-10-27-24(32)21-13-19(15-30-11-5-6-18(2)14-30)7-8-22(21)28-25(33)23-17-35-26(29-23)31-12-9-20(16-31)34-3/h7-8,13,17-18,20H,4-6,9-12,14-16H2,1-3H3,(H,27,32)(H,28,33)/t18?,20-/m0/s1. The second kappa shape index (κ2) is 12.0. The Kier molecular flexibility index (Phi) is 8.75. The molecule has 2 saturated heterocycles. The molecular formula is C26H37N5O3S. The lowest BCUT2D eigenvalue weighted by Gasteiger charge is -2.31. The molecule has 2 aromatic rings. The first-order chi connectivity index (χ1) is 17.0. The van der Waals surface area contributed by atoms with Crippen molar-refractivity contribution in [3.05, 3.63) is 40.4 Å². The second-order valence-electron chi connectivity index (χ2n) is 9.68. The summed E-state index contributed by atoms with van der Waals surface area (Å²) in [5.74, 6) is 0.216. The quantitative estimate of drug-likeness (QED) is 0.543. The van der Waals surface area contributed by atoms with Crippen LogP contribution in [0.15, 0.2) is 23.6 Å². The molecule has 0 spiro atoms. The van der Waals surface area contributed by atoms with Gasteiger partial charge in [0.25, 0.3) is 11.8 Å². The van der Waals surface area contributed by atoms with E-state index in [1.165, 1.54) is 24.2 Å². The number of rotatable bonds is 9. The fourth-order valence-corrected chi connectivity index (χ4v) is 5.65. The lowest BCUT2D eigenvalue weighted by molar-refractivity contribution is 0.0954. The SMILES string of the molecule is CCCNC(=O)c1cc(CN2CCCC(C)C2)ccc1NC(=O)c1csc(N2CC[C@H](OC)C2)n1. The van der Waals surface area contributed by atoms with Gasteiger partial charge >= 0.3 is 0 Å². The topological polar surface area (TPSA) is 86.8 Å². The van der Waals surface area contributed by atoms with E-state index in [-0.39, 0.29) is 17.9 Å². The van der Waals surface area contributed by atoms with Crippen molar-refractivity contribution in [2.24, 2.45) is 5.92 Å². The summed E-state index contributed by atoms with van der Waals surface area (Å²) in [4.78, 5) is 35.2. The molecule has 2 aliphatic heterocycles. The number of anilines is 2. The van der Waals surface area contributed by atoms with E-state index in [1.54, 1.807) is 12.5 Å². The van der Waals surface area contributed by atoms with Gasteiger partial charge in [-0.15, -0.1) is 11.3 Å². The van der Waals surface area contributed by atoms with Crippen LogP contribution in [0.4, 0.5) is 10.8 Å². The molecule has 35 heavy (non-hydrogen) atoms. The Hall–Kier alpha value is -2.49. The molecule has 8 nitrogen and oxygen atoms in total. The fourth-order valence-electron chi connectivity index (χ4n) is 4.80. The minimum atomic E-state index is -0.308. The number of amides is 2. The van der Waals surface area contributed by atoms with Crippen LogP contribution in [0.25, 0.3) is 0 Å². The summed E-state index contributed by atoms with van der Waals surface area (Å²) in [7, 11) is 1.72. The molecule has 2 atom stereocenters.